The molecule has 0 saturated heterocycles. The van der Waals surface area contributed by atoms with Crippen LogP contribution in [0.5, 0.6) is 5.75 Å². The summed E-state index contributed by atoms with van der Waals surface area (Å²) < 4.78 is 10.2. The number of anilines is 2. The molecule has 26 heavy (non-hydrogen) atoms. The number of hydrogen-bond donors (Lipinski definition) is 0. The molecule has 0 bridgehead atoms. The van der Waals surface area contributed by atoms with Crippen LogP contribution in [-0.2, 0) is 20.6 Å². The van der Waals surface area contributed by atoms with Crippen molar-refractivity contribution in [1.29, 1.82) is 0 Å². The Bertz CT molecular complexity index is 1120. The van der Waals surface area contributed by atoms with E-state index >= 15 is 0 Å². The lowest BCUT2D eigenvalue weighted by molar-refractivity contribution is 0.242. The third kappa shape index (κ3) is 2.33. The molecule has 4 rings (SSSR count). The fourth-order valence-corrected chi connectivity index (χ4v) is 3.39. The third-order valence-electron chi connectivity index (χ3n) is 4.62. The number of fused-ring (bicyclic) bond motifs is 3. The van der Waals surface area contributed by atoms with E-state index in [1.165, 1.54) is 11.6 Å². The maximum absolute atomic E-state index is 12.6. The first-order chi connectivity index (χ1) is 12.4. The van der Waals surface area contributed by atoms with Gasteiger partial charge in [-0.3, -0.25) is 13.9 Å². The van der Waals surface area contributed by atoms with Crippen LogP contribution < -0.4 is 20.9 Å². The van der Waals surface area contributed by atoms with Crippen molar-refractivity contribution in [2.75, 3.05) is 11.4 Å². The molecule has 0 N–H and O–H groups in total. The van der Waals surface area contributed by atoms with Crippen molar-refractivity contribution in [3.63, 3.8) is 0 Å². The van der Waals surface area contributed by atoms with Crippen molar-refractivity contribution in [2.24, 2.45) is 14.1 Å². The van der Waals surface area contributed by atoms with Gasteiger partial charge >= 0.3 is 5.69 Å². The normalized spacial score (nSPS) is 13.7. The van der Waals surface area contributed by atoms with Gasteiger partial charge in [-0.05, 0) is 26.0 Å². The van der Waals surface area contributed by atoms with Crippen molar-refractivity contribution < 1.29 is 4.74 Å². The predicted octanol–water partition coefficient (Wildman–Crippen LogP) is 1.37. The summed E-state index contributed by atoms with van der Waals surface area (Å²) in [5.74, 6) is 1.45. The van der Waals surface area contributed by atoms with Crippen molar-refractivity contribution in [3.05, 3.63) is 45.1 Å². The van der Waals surface area contributed by atoms with Crippen LogP contribution in [0.2, 0.25) is 0 Å². The fourth-order valence-electron chi connectivity index (χ4n) is 3.39. The molecule has 1 aromatic carbocycles. The quantitative estimate of drug-likeness (QED) is 0.709. The van der Waals surface area contributed by atoms with Gasteiger partial charge in [-0.15, -0.1) is 0 Å². The highest BCUT2D eigenvalue weighted by atomic mass is 16.5. The summed E-state index contributed by atoms with van der Waals surface area (Å²) in [7, 11) is 3.12. The van der Waals surface area contributed by atoms with Crippen LogP contribution in [0.4, 0.5) is 11.6 Å². The maximum Gasteiger partial charge on any atom is 0.332 e. The maximum atomic E-state index is 12.6. The standard InChI is InChI=1S/C18H21N5O3/c1-11(2)26-13-7-5-6-12(10-13)22-8-9-23-14-15(19-17(22)23)20(3)18(25)21(4)16(14)24/h5-7,10-11H,8-9H2,1-4H3. The van der Waals surface area contributed by atoms with Crippen molar-refractivity contribution >= 4 is 22.8 Å². The van der Waals surface area contributed by atoms with E-state index in [9.17, 15) is 9.59 Å². The van der Waals surface area contributed by atoms with Gasteiger partial charge < -0.3 is 14.2 Å². The predicted molar refractivity (Wildman–Crippen MR) is 99.4 cm³/mol. The average molecular weight is 355 g/mol. The Morgan fingerprint density at radius 1 is 1.12 bits per heavy atom. The molecule has 3 heterocycles. The summed E-state index contributed by atoms with van der Waals surface area (Å²) in [4.78, 5) is 31.4. The van der Waals surface area contributed by atoms with Gasteiger partial charge in [0.15, 0.2) is 11.2 Å². The van der Waals surface area contributed by atoms with Crippen LogP contribution >= 0.6 is 0 Å². The molecule has 0 amide bonds. The summed E-state index contributed by atoms with van der Waals surface area (Å²) >= 11 is 0. The zero-order valence-corrected chi connectivity index (χ0v) is 15.3. The first kappa shape index (κ1) is 16.4. The van der Waals surface area contributed by atoms with Gasteiger partial charge in [0.2, 0.25) is 5.95 Å². The molecule has 0 fully saturated rings. The summed E-state index contributed by atoms with van der Waals surface area (Å²) in [5, 5.41) is 0. The van der Waals surface area contributed by atoms with E-state index in [2.05, 4.69) is 4.98 Å². The molecule has 1 aliphatic heterocycles. The van der Waals surface area contributed by atoms with Gasteiger partial charge in [-0.25, -0.2) is 4.79 Å². The summed E-state index contributed by atoms with van der Waals surface area (Å²) in [6, 6.07) is 7.81. The number of rotatable bonds is 3. The van der Waals surface area contributed by atoms with Crippen molar-refractivity contribution in [3.8, 4) is 5.75 Å². The molecule has 3 aromatic rings. The highest BCUT2D eigenvalue weighted by Gasteiger charge is 2.28. The second-order valence-electron chi connectivity index (χ2n) is 6.76. The van der Waals surface area contributed by atoms with E-state index in [1.807, 2.05) is 47.6 Å². The molecule has 0 atom stereocenters. The summed E-state index contributed by atoms with van der Waals surface area (Å²) in [6.07, 6.45) is 0.0888. The Hall–Kier alpha value is -3.03. The van der Waals surface area contributed by atoms with Crippen molar-refractivity contribution in [1.82, 2.24) is 18.7 Å². The monoisotopic (exact) mass is 355 g/mol. The van der Waals surface area contributed by atoms with E-state index in [0.29, 0.717) is 30.2 Å². The molecule has 0 aliphatic carbocycles. The zero-order chi connectivity index (χ0) is 18.6. The summed E-state index contributed by atoms with van der Waals surface area (Å²) in [5.41, 5.74) is 1.12. The van der Waals surface area contributed by atoms with Crippen LogP contribution in [-0.4, -0.2) is 31.3 Å². The van der Waals surface area contributed by atoms with Gasteiger partial charge in [0.25, 0.3) is 5.56 Å². The van der Waals surface area contributed by atoms with Crippen LogP contribution in [0, 0.1) is 0 Å². The van der Waals surface area contributed by atoms with Crippen LogP contribution in [0.25, 0.3) is 11.2 Å². The topological polar surface area (TPSA) is 74.3 Å². The molecule has 2 aromatic heterocycles. The number of imidazole rings is 1. The van der Waals surface area contributed by atoms with Crippen LogP contribution in [0.3, 0.4) is 0 Å². The largest absolute Gasteiger partial charge is 0.491 e. The molecular weight excluding hydrogens is 334 g/mol. The third-order valence-corrected chi connectivity index (χ3v) is 4.62. The highest BCUT2D eigenvalue weighted by molar-refractivity contribution is 5.77. The second kappa shape index (κ2) is 5.76. The van der Waals surface area contributed by atoms with E-state index in [4.69, 9.17) is 4.74 Å². The lowest BCUT2D eigenvalue weighted by atomic mass is 10.2. The number of aryl methyl sites for hydroxylation is 1. The van der Waals surface area contributed by atoms with Crippen LogP contribution in [0.1, 0.15) is 13.8 Å². The number of nitrogens with zero attached hydrogens (tertiary/aromatic N) is 5. The minimum absolute atomic E-state index is 0.0888. The number of aromatic nitrogens is 4. The molecule has 1 aliphatic rings. The molecule has 0 unspecified atom stereocenters. The Kier molecular flexibility index (Phi) is 3.64. The Labute approximate surface area is 149 Å². The van der Waals surface area contributed by atoms with E-state index in [0.717, 1.165) is 16.0 Å². The van der Waals surface area contributed by atoms with Crippen LogP contribution in [0.15, 0.2) is 33.9 Å². The second-order valence-corrected chi connectivity index (χ2v) is 6.76. The van der Waals surface area contributed by atoms with E-state index < -0.39 is 0 Å². The van der Waals surface area contributed by atoms with E-state index in [1.54, 1.807) is 7.05 Å². The average Bonchev–Trinajstić information content (AvgIpc) is 3.16. The SMILES string of the molecule is CC(C)Oc1cccc(N2CCn3c2nc2c3c(=O)n(C)c(=O)n2C)c1. The molecule has 0 spiro atoms. The zero-order valence-electron chi connectivity index (χ0n) is 15.3. The summed E-state index contributed by atoms with van der Waals surface area (Å²) in [6.45, 7) is 5.31. The Balaban J connectivity index is 1.87. The molecule has 0 saturated carbocycles. The van der Waals surface area contributed by atoms with Gasteiger partial charge in [0.1, 0.15) is 5.75 Å². The first-order valence-electron chi connectivity index (χ1n) is 8.59. The van der Waals surface area contributed by atoms with E-state index in [-0.39, 0.29) is 17.4 Å². The number of ether oxygens (including phenoxy) is 1. The lowest BCUT2D eigenvalue weighted by Crippen LogP contribution is -2.37. The van der Waals surface area contributed by atoms with Gasteiger partial charge in [-0.2, -0.15) is 4.98 Å². The first-order valence-corrected chi connectivity index (χ1v) is 8.59. The van der Waals surface area contributed by atoms with Gasteiger partial charge in [0.05, 0.1) is 6.10 Å². The Morgan fingerprint density at radius 2 is 1.88 bits per heavy atom. The molecule has 0 radical (unpaired) electrons. The Morgan fingerprint density at radius 3 is 2.62 bits per heavy atom. The van der Waals surface area contributed by atoms with Gasteiger partial charge in [-0.1, -0.05) is 6.07 Å². The number of hydrogen-bond acceptors (Lipinski definition) is 5. The smallest absolute Gasteiger partial charge is 0.332 e. The molecule has 8 nitrogen and oxygen atoms in total. The lowest BCUT2D eigenvalue weighted by Gasteiger charge is -2.18. The molecular formula is C18H21N5O3. The van der Waals surface area contributed by atoms with Gasteiger partial charge in [0, 0.05) is 38.9 Å². The molecule has 8 heteroatoms. The van der Waals surface area contributed by atoms with Crippen molar-refractivity contribution in [2.45, 2.75) is 26.5 Å². The minimum Gasteiger partial charge on any atom is -0.491 e. The minimum atomic E-state index is -0.377. The fraction of sp³-hybridized carbons (Fsp3) is 0.389. The molecule has 136 valence electrons. The number of benzene rings is 1. The highest BCUT2D eigenvalue weighted by Crippen LogP contribution is 2.33.